The minimum absolute atomic E-state index is 0.0968. The second kappa shape index (κ2) is 6.54. The van der Waals surface area contributed by atoms with Crippen molar-refractivity contribution in [3.63, 3.8) is 0 Å². The Morgan fingerprint density at radius 3 is 2.90 bits per heavy atom. The molecule has 2 fully saturated rings. The lowest BCUT2D eigenvalue weighted by atomic mass is 10.0. The standard InChI is InChI=1S/C16H24N4O/c1-13(14-3-2-5-18-11-14)16(21)20-8-4-15(12-20)19-9-6-17-7-10-19/h2-3,5,11,13,15,17H,4,6-10,12H2,1H3. The Labute approximate surface area is 126 Å². The summed E-state index contributed by atoms with van der Waals surface area (Å²) in [5.41, 5.74) is 1.01. The highest BCUT2D eigenvalue weighted by Gasteiger charge is 2.32. The van der Waals surface area contributed by atoms with Crippen LogP contribution in [-0.4, -0.2) is 66.0 Å². The molecule has 5 nitrogen and oxygen atoms in total. The van der Waals surface area contributed by atoms with Crippen LogP contribution in [-0.2, 0) is 4.79 Å². The fourth-order valence-corrected chi connectivity index (χ4v) is 3.34. The van der Waals surface area contributed by atoms with Crippen molar-refractivity contribution in [2.75, 3.05) is 39.3 Å². The highest BCUT2D eigenvalue weighted by Crippen LogP contribution is 2.22. The molecular formula is C16H24N4O. The van der Waals surface area contributed by atoms with Crippen LogP contribution in [0.4, 0.5) is 0 Å². The van der Waals surface area contributed by atoms with Gasteiger partial charge in [-0.1, -0.05) is 6.07 Å². The van der Waals surface area contributed by atoms with Gasteiger partial charge in [0, 0.05) is 57.7 Å². The second-order valence-corrected chi connectivity index (χ2v) is 6.02. The van der Waals surface area contributed by atoms with Crippen LogP contribution in [0.5, 0.6) is 0 Å². The Morgan fingerprint density at radius 1 is 1.38 bits per heavy atom. The summed E-state index contributed by atoms with van der Waals surface area (Å²) in [5.74, 6) is 0.140. The molecule has 2 atom stereocenters. The first kappa shape index (κ1) is 14.5. The predicted octanol–water partition coefficient (Wildman–Crippen LogP) is 0.691. The number of hydrogen-bond donors (Lipinski definition) is 1. The van der Waals surface area contributed by atoms with Crippen molar-refractivity contribution in [3.05, 3.63) is 30.1 Å². The van der Waals surface area contributed by atoms with Crippen LogP contribution in [0.1, 0.15) is 24.8 Å². The highest BCUT2D eigenvalue weighted by atomic mass is 16.2. The normalized spacial score (nSPS) is 25.0. The Kier molecular flexibility index (Phi) is 4.51. The van der Waals surface area contributed by atoms with Gasteiger partial charge in [0.05, 0.1) is 5.92 Å². The van der Waals surface area contributed by atoms with Gasteiger partial charge < -0.3 is 10.2 Å². The van der Waals surface area contributed by atoms with Gasteiger partial charge in [0.1, 0.15) is 0 Å². The third kappa shape index (κ3) is 3.24. The molecule has 0 aromatic carbocycles. The van der Waals surface area contributed by atoms with Crippen molar-refractivity contribution in [1.82, 2.24) is 20.1 Å². The number of pyridine rings is 1. The zero-order chi connectivity index (χ0) is 14.7. The third-order valence-electron chi connectivity index (χ3n) is 4.70. The van der Waals surface area contributed by atoms with E-state index < -0.39 is 0 Å². The molecule has 0 aliphatic carbocycles. The van der Waals surface area contributed by atoms with Gasteiger partial charge in [-0.25, -0.2) is 0 Å². The highest BCUT2D eigenvalue weighted by molar-refractivity contribution is 5.83. The molecule has 3 rings (SSSR count). The number of nitrogens with zero attached hydrogens (tertiary/aromatic N) is 3. The Morgan fingerprint density at radius 2 is 2.19 bits per heavy atom. The number of amides is 1. The zero-order valence-electron chi connectivity index (χ0n) is 12.7. The maximum Gasteiger partial charge on any atom is 0.229 e. The summed E-state index contributed by atoms with van der Waals surface area (Å²) in [6.45, 7) is 8.09. The largest absolute Gasteiger partial charge is 0.341 e. The Hall–Kier alpha value is -1.46. The topological polar surface area (TPSA) is 48.5 Å². The van der Waals surface area contributed by atoms with Crippen LogP contribution in [0, 0.1) is 0 Å². The van der Waals surface area contributed by atoms with E-state index in [2.05, 4.69) is 15.2 Å². The first-order valence-corrected chi connectivity index (χ1v) is 7.89. The molecule has 1 aromatic heterocycles. The van der Waals surface area contributed by atoms with Gasteiger partial charge in [-0.05, 0) is 25.0 Å². The summed E-state index contributed by atoms with van der Waals surface area (Å²) >= 11 is 0. The summed E-state index contributed by atoms with van der Waals surface area (Å²) < 4.78 is 0. The molecule has 2 aliphatic rings. The molecule has 21 heavy (non-hydrogen) atoms. The zero-order valence-corrected chi connectivity index (χ0v) is 12.7. The summed E-state index contributed by atoms with van der Waals surface area (Å²) in [6, 6.07) is 4.42. The smallest absolute Gasteiger partial charge is 0.229 e. The lowest BCUT2D eigenvalue weighted by molar-refractivity contribution is -0.131. The second-order valence-electron chi connectivity index (χ2n) is 6.02. The van der Waals surface area contributed by atoms with Crippen LogP contribution >= 0.6 is 0 Å². The van der Waals surface area contributed by atoms with E-state index in [0.29, 0.717) is 6.04 Å². The fourth-order valence-electron chi connectivity index (χ4n) is 3.34. The average Bonchev–Trinajstić information content (AvgIpc) is 3.05. The number of nitrogens with one attached hydrogen (secondary N) is 1. The van der Waals surface area contributed by atoms with Gasteiger partial charge >= 0.3 is 0 Å². The minimum atomic E-state index is -0.0968. The first-order chi connectivity index (χ1) is 10.3. The molecule has 114 valence electrons. The van der Waals surface area contributed by atoms with E-state index in [-0.39, 0.29) is 11.8 Å². The summed E-state index contributed by atoms with van der Waals surface area (Å²) in [6.07, 6.45) is 4.65. The molecule has 2 aliphatic heterocycles. The van der Waals surface area contributed by atoms with E-state index in [1.165, 1.54) is 0 Å². The van der Waals surface area contributed by atoms with E-state index in [1.54, 1.807) is 12.4 Å². The number of aromatic nitrogens is 1. The van der Waals surface area contributed by atoms with Crippen molar-refractivity contribution >= 4 is 5.91 Å². The molecule has 0 bridgehead atoms. The summed E-state index contributed by atoms with van der Waals surface area (Å²) in [4.78, 5) is 21.3. The monoisotopic (exact) mass is 288 g/mol. The molecule has 3 heterocycles. The van der Waals surface area contributed by atoms with E-state index in [0.717, 1.165) is 51.3 Å². The van der Waals surface area contributed by atoms with Crippen LogP contribution in [0.2, 0.25) is 0 Å². The van der Waals surface area contributed by atoms with Crippen molar-refractivity contribution in [2.24, 2.45) is 0 Å². The predicted molar refractivity (Wildman–Crippen MR) is 82.1 cm³/mol. The van der Waals surface area contributed by atoms with E-state index >= 15 is 0 Å². The van der Waals surface area contributed by atoms with Crippen LogP contribution in [0.25, 0.3) is 0 Å². The van der Waals surface area contributed by atoms with E-state index in [4.69, 9.17) is 0 Å². The Balaban J connectivity index is 1.59. The quantitative estimate of drug-likeness (QED) is 0.889. The van der Waals surface area contributed by atoms with Gasteiger partial charge in [-0.3, -0.25) is 14.7 Å². The number of carbonyl (C=O) groups is 1. The summed E-state index contributed by atoms with van der Waals surface area (Å²) in [7, 11) is 0. The number of piperazine rings is 1. The van der Waals surface area contributed by atoms with Crippen LogP contribution in [0.15, 0.2) is 24.5 Å². The van der Waals surface area contributed by atoms with Gasteiger partial charge in [0.15, 0.2) is 0 Å². The maximum absolute atomic E-state index is 12.6. The SMILES string of the molecule is CC(C(=O)N1CCC(N2CCNCC2)C1)c1cccnc1. The first-order valence-electron chi connectivity index (χ1n) is 7.89. The lowest BCUT2D eigenvalue weighted by Gasteiger charge is -2.32. The molecule has 2 unspecified atom stereocenters. The van der Waals surface area contributed by atoms with E-state index in [1.807, 2.05) is 24.0 Å². The van der Waals surface area contributed by atoms with Gasteiger partial charge in [0.25, 0.3) is 0 Å². The van der Waals surface area contributed by atoms with Gasteiger partial charge in [-0.15, -0.1) is 0 Å². The number of rotatable bonds is 3. The molecule has 2 saturated heterocycles. The molecule has 0 saturated carbocycles. The lowest BCUT2D eigenvalue weighted by Crippen LogP contribution is -2.49. The summed E-state index contributed by atoms with van der Waals surface area (Å²) in [5, 5.41) is 3.38. The average molecular weight is 288 g/mol. The van der Waals surface area contributed by atoms with Crippen molar-refractivity contribution in [1.29, 1.82) is 0 Å². The van der Waals surface area contributed by atoms with Crippen LogP contribution < -0.4 is 5.32 Å². The van der Waals surface area contributed by atoms with Crippen LogP contribution in [0.3, 0.4) is 0 Å². The maximum atomic E-state index is 12.6. The third-order valence-corrected chi connectivity index (χ3v) is 4.70. The number of carbonyl (C=O) groups excluding carboxylic acids is 1. The molecule has 1 aromatic rings. The van der Waals surface area contributed by atoms with Crippen molar-refractivity contribution in [3.8, 4) is 0 Å². The van der Waals surface area contributed by atoms with Gasteiger partial charge in [0.2, 0.25) is 5.91 Å². The van der Waals surface area contributed by atoms with Crippen molar-refractivity contribution in [2.45, 2.75) is 25.3 Å². The molecule has 5 heteroatoms. The molecular weight excluding hydrogens is 264 g/mol. The molecule has 1 N–H and O–H groups in total. The van der Waals surface area contributed by atoms with Gasteiger partial charge in [-0.2, -0.15) is 0 Å². The minimum Gasteiger partial charge on any atom is -0.341 e. The van der Waals surface area contributed by atoms with E-state index in [9.17, 15) is 4.79 Å². The number of hydrogen-bond acceptors (Lipinski definition) is 4. The van der Waals surface area contributed by atoms with Crippen molar-refractivity contribution < 1.29 is 4.79 Å². The fraction of sp³-hybridized carbons (Fsp3) is 0.625. The molecule has 1 amide bonds. The Bertz CT molecular complexity index is 472. The molecule has 0 spiro atoms. The molecule has 0 radical (unpaired) electrons. The number of likely N-dealkylation sites (tertiary alicyclic amines) is 1.